The molecule has 0 bridgehead atoms. The van der Waals surface area contributed by atoms with Crippen molar-refractivity contribution in [2.75, 3.05) is 13.2 Å². The Labute approximate surface area is 184 Å². The molecule has 2 heterocycles. The van der Waals surface area contributed by atoms with E-state index in [9.17, 15) is 0 Å². The molecule has 0 aromatic heterocycles. The van der Waals surface area contributed by atoms with Crippen LogP contribution in [0.2, 0.25) is 0 Å². The fourth-order valence-corrected chi connectivity index (χ4v) is 3.89. The average molecular weight is 425 g/mol. The van der Waals surface area contributed by atoms with Gasteiger partial charge in [0.2, 0.25) is 0 Å². The molecule has 0 spiro atoms. The molecular formula is C26H32O5. The van der Waals surface area contributed by atoms with Crippen molar-refractivity contribution in [2.45, 2.75) is 58.3 Å². The second kappa shape index (κ2) is 11.0. The fourth-order valence-electron chi connectivity index (χ4n) is 3.89. The van der Waals surface area contributed by atoms with Crippen molar-refractivity contribution in [3.05, 3.63) is 83.4 Å². The first-order valence-electron chi connectivity index (χ1n) is 11.1. The van der Waals surface area contributed by atoms with E-state index in [0.29, 0.717) is 26.4 Å². The Morgan fingerprint density at radius 2 is 1.48 bits per heavy atom. The molecule has 1 saturated heterocycles. The van der Waals surface area contributed by atoms with Gasteiger partial charge in [0.15, 0.2) is 12.6 Å². The third-order valence-corrected chi connectivity index (χ3v) is 5.77. The predicted molar refractivity (Wildman–Crippen MR) is 118 cm³/mol. The largest absolute Gasteiger partial charge is 0.365 e. The number of benzene rings is 2. The predicted octanol–water partition coefficient (Wildman–Crippen LogP) is 4.86. The Morgan fingerprint density at radius 3 is 2.10 bits per heavy atom. The monoisotopic (exact) mass is 424 g/mol. The van der Waals surface area contributed by atoms with E-state index in [4.69, 9.17) is 23.7 Å². The van der Waals surface area contributed by atoms with E-state index in [1.807, 2.05) is 48.5 Å². The van der Waals surface area contributed by atoms with E-state index in [1.165, 1.54) is 5.57 Å². The van der Waals surface area contributed by atoms with E-state index < -0.39 is 6.29 Å². The van der Waals surface area contributed by atoms with Crippen LogP contribution in [-0.4, -0.2) is 38.0 Å². The Morgan fingerprint density at radius 1 is 0.839 bits per heavy atom. The van der Waals surface area contributed by atoms with Crippen molar-refractivity contribution in [3.8, 4) is 0 Å². The number of rotatable bonds is 9. The minimum Gasteiger partial charge on any atom is -0.365 e. The second-order valence-corrected chi connectivity index (χ2v) is 8.20. The van der Waals surface area contributed by atoms with Crippen LogP contribution in [0.1, 0.15) is 31.4 Å². The van der Waals surface area contributed by atoms with Crippen molar-refractivity contribution in [1.29, 1.82) is 0 Å². The molecule has 0 saturated carbocycles. The lowest BCUT2D eigenvalue weighted by Gasteiger charge is -2.41. The quantitative estimate of drug-likeness (QED) is 0.538. The Bertz CT molecular complexity index is 822. The first-order valence-corrected chi connectivity index (χ1v) is 11.1. The van der Waals surface area contributed by atoms with Gasteiger partial charge in [-0.25, -0.2) is 0 Å². The van der Waals surface area contributed by atoms with Crippen molar-refractivity contribution < 1.29 is 23.7 Å². The highest BCUT2D eigenvalue weighted by Gasteiger charge is 2.42. The molecule has 5 atom stereocenters. The van der Waals surface area contributed by atoms with Gasteiger partial charge in [-0.1, -0.05) is 74.5 Å². The van der Waals surface area contributed by atoms with E-state index in [1.54, 1.807) is 0 Å². The molecule has 0 unspecified atom stereocenters. The SMILES string of the molecule is CCC1=C[C@@H](O[C@@H]2[C@@H](OCc3ccccc3)[C@@H](OCc3ccccc3)OC[C@H]2C)OC1. The lowest BCUT2D eigenvalue weighted by atomic mass is 9.96. The van der Waals surface area contributed by atoms with E-state index >= 15 is 0 Å². The first-order chi connectivity index (χ1) is 15.2. The van der Waals surface area contributed by atoms with Gasteiger partial charge in [0.1, 0.15) is 6.10 Å². The highest BCUT2D eigenvalue weighted by atomic mass is 16.7. The molecule has 4 rings (SSSR count). The molecule has 5 nitrogen and oxygen atoms in total. The number of hydrogen-bond acceptors (Lipinski definition) is 5. The van der Waals surface area contributed by atoms with E-state index in [0.717, 1.165) is 17.5 Å². The van der Waals surface area contributed by atoms with Gasteiger partial charge in [-0.05, 0) is 29.2 Å². The van der Waals surface area contributed by atoms with Crippen LogP contribution in [0.5, 0.6) is 0 Å². The summed E-state index contributed by atoms with van der Waals surface area (Å²) in [6.45, 7) is 6.35. The third-order valence-electron chi connectivity index (χ3n) is 5.77. The summed E-state index contributed by atoms with van der Waals surface area (Å²) < 4.78 is 30.8. The lowest BCUT2D eigenvalue weighted by Crippen LogP contribution is -2.53. The minimum atomic E-state index is -0.513. The minimum absolute atomic E-state index is 0.153. The molecule has 0 radical (unpaired) electrons. The van der Waals surface area contributed by atoms with E-state index in [2.05, 4.69) is 32.1 Å². The maximum absolute atomic E-state index is 6.40. The molecule has 166 valence electrons. The summed E-state index contributed by atoms with van der Waals surface area (Å²) in [5, 5.41) is 0. The third kappa shape index (κ3) is 6.03. The van der Waals surface area contributed by atoms with Crippen LogP contribution in [0.3, 0.4) is 0 Å². The van der Waals surface area contributed by atoms with Crippen molar-refractivity contribution in [1.82, 2.24) is 0 Å². The second-order valence-electron chi connectivity index (χ2n) is 8.20. The van der Waals surface area contributed by atoms with Crippen molar-refractivity contribution >= 4 is 0 Å². The van der Waals surface area contributed by atoms with Crippen LogP contribution in [0.15, 0.2) is 72.3 Å². The Hall–Kier alpha value is -2.02. The summed E-state index contributed by atoms with van der Waals surface area (Å²) in [6, 6.07) is 20.2. The summed E-state index contributed by atoms with van der Waals surface area (Å²) in [7, 11) is 0. The Balaban J connectivity index is 1.47. The van der Waals surface area contributed by atoms with Crippen LogP contribution in [0.4, 0.5) is 0 Å². The van der Waals surface area contributed by atoms with E-state index in [-0.39, 0.29) is 24.4 Å². The summed E-state index contributed by atoms with van der Waals surface area (Å²) >= 11 is 0. The molecule has 2 aliphatic heterocycles. The zero-order valence-electron chi connectivity index (χ0n) is 18.3. The van der Waals surface area contributed by atoms with Crippen LogP contribution < -0.4 is 0 Å². The van der Waals surface area contributed by atoms with Gasteiger partial charge in [0.25, 0.3) is 0 Å². The maximum Gasteiger partial charge on any atom is 0.186 e. The molecule has 0 amide bonds. The number of hydrogen-bond donors (Lipinski definition) is 0. The highest BCUT2D eigenvalue weighted by molar-refractivity contribution is 5.14. The lowest BCUT2D eigenvalue weighted by molar-refractivity contribution is -0.298. The summed E-state index contributed by atoms with van der Waals surface area (Å²) in [5.74, 6) is 0.153. The normalized spacial score (nSPS) is 28.5. The van der Waals surface area contributed by atoms with Gasteiger partial charge in [-0.2, -0.15) is 0 Å². The molecule has 1 fully saturated rings. The van der Waals surface area contributed by atoms with Crippen LogP contribution in [0.25, 0.3) is 0 Å². The molecule has 0 aliphatic carbocycles. The summed E-state index contributed by atoms with van der Waals surface area (Å²) in [6.07, 6.45) is 1.63. The molecule has 31 heavy (non-hydrogen) atoms. The highest BCUT2D eigenvalue weighted by Crippen LogP contribution is 2.30. The zero-order chi connectivity index (χ0) is 21.5. The van der Waals surface area contributed by atoms with Crippen LogP contribution in [-0.2, 0) is 36.9 Å². The zero-order valence-corrected chi connectivity index (χ0v) is 18.3. The maximum atomic E-state index is 6.40. The van der Waals surface area contributed by atoms with Crippen molar-refractivity contribution in [3.63, 3.8) is 0 Å². The number of ether oxygens (including phenoxy) is 5. The standard InChI is InChI=1S/C26H32O5/c1-3-20-14-23(27-16-20)31-24-19(2)15-29-26(30-18-22-12-8-5-9-13-22)25(24)28-17-21-10-6-4-7-11-21/h4-14,19,23-26H,3,15-18H2,1-2H3/t19-,23-,24+,25-,26-/m1/s1. The summed E-state index contributed by atoms with van der Waals surface area (Å²) in [4.78, 5) is 0. The first kappa shape index (κ1) is 22.2. The van der Waals surface area contributed by atoms with Crippen molar-refractivity contribution in [2.24, 2.45) is 5.92 Å². The molecule has 5 heteroatoms. The summed E-state index contributed by atoms with van der Waals surface area (Å²) in [5.41, 5.74) is 3.47. The van der Waals surface area contributed by atoms with Gasteiger partial charge in [-0.3, -0.25) is 0 Å². The smallest absolute Gasteiger partial charge is 0.186 e. The fraction of sp³-hybridized carbons (Fsp3) is 0.462. The molecular weight excluding hydrogens is 392 g/mol. The van der Waals surface area contributed by atoms with Gasteiger partial charge in [-0.15, -0.1) is 0 Å². The van der Waals surface area contributed by atoms with Gasteiger partial charge < -0.3 is 23.7 Å². The van der Waals surface area contributed by atoms with Gasteiger partial charge in [0.05, 0.1) is 32.5 Å². The van der Waals surface area contributed by atoms with Gasteiger partial charge >= 0.3 is 0 Å². The molecule has 0 N–H and O–H groups in total. The topological polar surface area (TPSA) is 46.2 Å². The Kier molecular flexibility index (Phi) is 7.89. The average Bonchev–Trinajstić information content (AvgIpc) is 3.28. The molecule has 2 aromatic carbocycles. The van der Waals surface area contributed by atoms with Gasteiger partial charge in [0, 0.05) is 5.92 Å². The van der Waals surface area contributed by atoms with Crippen LogP contribution >= 0.6 is 0 Å². The van der Waals surface area contributed by atoms with Crippen LogP contribution in [0, 0.1) is 5.92 Å². The molecule has 2 aliphatic rings. The molecule has 2 aromatic rings.